The predicted molar refractivity (Wildman–Crippen MR) is 115 cm³/mol. The summed E-state index contributed by atoms with van der Waals surface area (Å²) in [6.07, 6.45) is 7.72. The van der Waals surface area contributed by atoms with Crippen molar-refractivity contribution in [2.24, 2.45) is 17.8 Å². The second-order valence-electron chi connectivity index (χ2n) is 9.99. The van der Waals surface area contributed by atoms with Crippen molar-refractivity contribution in [1.82, 2.24) is 14.6 Å². The van der Waals surface area contributed by atoms with Crippen LogP contribution >= 0.6 is 0 Å². The van der Waals surface area contributed by atoms with Gasteiger partial charge in [0, 0.05) is 6.42 Å². The smallest absolute Gasteiger partial charge is 0.332 e. The van der Waals surface area contributed by atoms with Crippen LogP contribution in [0, 0.1) is 17.8 Å². The Bertz CT molecular complexity index is 988. The summed E-state index contributed by atoms with van der Waals surface area (Å²) < 4.78 is 3.42. The SMILES string of the molecule is O=C(CCCc1c(O)n(C23CC4CC(CC(C4)C2)C3)c(=O)n1Cc1ccccc1)NO. The molecule has 0 spiro atoms. The minimum atomic E-state index is -0.461. The lowest BCUT2D eigenvalue weighted by atomic mass is 9.53. The number of imidazole rings is 1. The molecular formula is C24H31N3O4. The highest BCUT2D eigenvalue weighted by Gasteiger charge is 2.53. The number of rotatable bonds is 7. The fourth-order valence-corrected chi connectivity index (χ4v) is 6.99. The van der Waals surface area contributed by atoms with Gasteiger partial charge in [0.2, 0.25) is 11.8 Å². The molecule has 0 atom stereocenters. The lowest BCUT2D eigenvalue weighted by Gasteiger charge is -2.56. The Labute approximate surface area is 181 Å². The van der Waals surface area contributed by atoms with Gasteiger partial charge in [0.1, 0.15) is 0 Å². The molecule has 2 aromatic rings. The molecule has 6 rings (SSSR count). The molecule has 7 nitrogen and oxygen atoms in total. The number of amides is 1. The Morgan fingerprint density at radius 2 is 1.68 bits per heavy atom. The first-order valence-electron chi connectivity index (χ1n) is 11.5. The molecular weight excluding hydrogens is 394 g/mol. The Morgan fingerprint density at radius 3 is 2.26 bits per heavy atom. The zero-order valence-corrected chi connectivity index (χ0v) is 17.8. The summed E-state index contributed by atoms with van der Waals surface area (Å²) in [5.74, 6) is 1.59. The van der Waals surface area contributed by atoms with Crippen LogP contribution in [-0.2, 0) is 23.3 Å². The van der Waals surface area contributed by atoms with Crippen LogP contribution in [0.1, 0.15) is 62.6 Å². The Morgan fingerprint density at radius 1 is 1.06 bits per heavy atom. The number of hydrogen-bond donors (Lipinski definition) is 3. The number of carbonyl (C=O) groups excluding carboxylic acids is 1. The molecule has 1 heterocycles. The van der Waals surface area contributed by atoms with Gasteiger partial charge in [-0.2, -0.15) is 0 Å². The third-order valence-corrected chi connectivity index (χ3v) is 7.82. The van der Waals surface area contributed by atoms with Crippen LogP contribution in [0.5, 0.6) is 5.88 Å². The summed E-state index contributed by atoms with van der Waals surface area (Å²) in [5.41, 5.74) is 2.84. The van der Waals surface area contributed by atoms with Gasteiger partial charge in [-0.1, -0.05) is 30.3 Å². The molecule has 1 aromatic carbocycles. The van der Waals surface area contributed by atoms with E-state index in [1.54, 1.807) is 14.6 Å². The topological polar surface area (TPSA) is 96.5 Å². The summed E-state index contributed by atoms with van der Waals surface area (Å²) in [4.78, 5) is 25.2. The Hall–Kier alpha value is -2.54. The lowest BCUT2D eigenvalue weighted by molar-refractivity contribution is -0.129. The quantitative estimate of drug-likeness (QED) is 0.469. The summed E-state index contributed by atoms with van der Waals surface area (Å²) >= 11 is 0. The van der Waals surface area contributed by atoms with Gasteiger partial charge < -0.3 is 5.11 Å². The molecule has 7 heteroatoms. The molecule has 1 aromatic heterocycles. The maximum Gasteiger partial charge on any atom is 0.332 e. The van der Waals surface area contributed by atoms with Crippen LogP contribution in [0.15, 0.2) is 35.1 Å². The van der Waals surface area contributed by atoms with Gasteiger partial charge in [-0.3, -0.25) is 19.1 Å². The molecule has 4 aliphatic carbocycles. The largest absolute Gasteiger partial charge is 0.493 e. The number of aromatic nitrogens is 2. The molecule has 4 saturated carbocycles. The monoisotopic (exact) mass is 425 g/mol. The van der Waals surface area contributed by atoms with Crippen LogP contribution < -0.4 is 11.2 Å². The van der Waals surface area contributed by atoms with Crippen LogP contribution in [-0.4, -0.2) is 25.4 Å². The van der Waals surface area contributed by atoms with Crippen molar-refractivity contribution in [2.75, 3.05) is 0 Å². The van der Waals surface area contributed by atoms with Gasteiger partial charge in [-0.05, 0) is 74.7 Å². The van der Waals surface area contributed by atoms with Crippen molar-refractivity contribution in [3.63, 3.8) is 0 Å². The molecule has 4 fully saturated rings. The number of carbonyl (C=O) groups is 1. The fourth-order valence-electron chi connectivity index (χ4n) is 6.99. The first kappa shape index (κ1) is 20.4. The molecule has 0 radical (unpaired) electrons. The molecule has 0 saturated heterocycles. The fraction of sp³-hybridized carbons (Fsp3) is 0.583. The minimum Gasteiger partial charge on any atom is -0.493 e. The van der Waals surface area contributed by atoms with E-state index in [0.29, 0.717) is 42.8 Å². The van der Waals surface area contributed by atoms with E-state index in [1.165, 1.54) is 19.3 Å². The summed E-state index contributed by atoms with van der Waals surface area (Å²) in [6.45, 7) is 0.397. The highest BCUT2D eigenvalue weighted by atomic mass is 16.5. The van der Waals surface area contributed by atoms with Crippen LogP contribution in [0.2, 0.25) is 0 Å². The van der Waals surface area contributed by atoms with E-state index in [-0.39, 0.29) is 23.5 Å². The number of nitrogens with zero attached hydrogens (tertiary/aromatic N) is 2. The van der Waals surface area contributed by atoms with Gasteiger partial charge in [0.15, 0.2) is 0 Å². The van der Waals surface area contributed by atoms with Crippen molar-refractivity contribution in [1.29, 1.82) is 0 Å². The van der Waals surface area contributed by atoms with E-state index in [2.05, 4.69) is 0 Å². The molecule has 4 aliphatic rings. The highest BCUT2D eigenvalue weighted by Crippen LogP contribution is 2.59. The number of hydroxylamine groups is 1. The third-order valence-electron chi connectivity index (χ3n) is 7.82. The third kappa shape index (κ3) is 3.59. The zero-order chi connectivity index (χ0) is 21.6. The molecule has 166 valence electrons. The van der Waals surface area contributed by atoms with E-state index in [9.17, 15) is 14.7 Å². The molecule has 0 unspecified atom stereocenters. The van der Waals surface area contributed by atoms with E-state index >= 15 is 0 Å². The van der Waals surface area contributed by atoms with E-state index in [4.69, 9.17) is 5.21 Å². The average Bonchev–Trinajstić information content (AvgIpc) is 2.97. The van der Waals surface area contributed by atoms with Crippen LogP contribution in [0.4, 0.5) is 0 Å². The first-order chi connectivity index (χ1) is 15.0. The predicted octanol–water partition coefficient (Wildman–Crippen LogP) is 3.16. The summed E-state index contributed by atoms with van der Waals surface area (Å²) in [6, 6.07) is 9.80. The van der Waals surface area contributed by atoms with Crippen molar-refractivity contribution < 1.29 is 15.1 Å². The van der Waals surface area contributed by atoms with Crippen molar-refractivity contribution in [3.8, 4) is 5.88 Å². The number of hydrogen-bond acceptors (Lipinski definition) is 4. The van der Waals surface area contributed by atoms with Gasteiger partial charge >= 0.3 is 5.69 Å². The number of nitrogens with one attached hydrogen (secondary N) is 1. The number of aromatic hydroxyl groups is 1. The maximum atomic E-state index is 13.7. The normalized spacial score (nSPS) is 28.7. The van der Waals surface area contributed by atoms with Crippen molar-refractivity contribution >= 4 is 5.91 Å². The first-order valence-corrected chi connectivity index (χ1v) is 11.5. The second kappa shape index (κ2) is 7.86. The lowest BCUT2D eigenvalue weighted by Crippen LogP contribution is -2.54. The molecule has 4 bridgehead atoms. The Kier molecular flexibility index (Phi) is 5.16. The van der Waals surface area contributed by atoms with Crippen molar-refractivity contribution in [3.05, 3.63) is 52.1 Å². The van der Waals surface area contributed by atoms with Gasteiger partial charge in [-0.25, -0.2) is 10.3 Å². The zero-order valence-electron chi connectivity index (χ0n) is 17.8. The maximum absolute atomic E-state index is 13.7. The van der Waals surface area contributed by atoms with Crippen LogP contribution in [0.25, 0.3) is 0 Å². The summed E-state index contributed by atoms with van der Waals surface area (Å²) in [5, 5.41) is 20.1. The molecule has 1 amide bonds. The van der Waals surface area contributed by atoms with Crippen LogP contribution in [0.3, 0.4) is 0 Å². The average molecular weight is 426 g/mol. The second-order valence-corrected chi connectivity index (χ2v) is 9.99. The molecule has 31 heavy (non-hydrogen) atoms. The number of benzene rings is 1. The van der Waals surface area contributed by atoms with Gasteiger partial charge in [-0.15, -0.1) is 0 Å². The Balaban J connectivity index is 1.53. The highest BCUT2D eigenvalue weighted by molar-refractivity contribution is 5.74. The molecule has 0 aliphatic heterocycles. The van der Waals surface area contributed by atoms with E-state index in [1.807, 2.05) is 30.3 Å². The van der Waals surface area contributed by atoms with Gasteiger partial charge in [0.05, 0.1) is 17.8 Å². The standard InChI is InChI=1S/C24H31N3O4/c28-21(25-31)8-4-7-20-22(29)27(23(30)26(20)15-16-5-2-1-3-6-16)24-12-17-9-18(13-24)11-19(10-17)14-24/h1-3,5-6,17-19,29,31H,4,7-15H2,(H,25,28). The summed E-state index contributed by atoms with van der Waals surface area (Å²) in [7, 11) is 0. The van der Waals surface area contributed by atoms with Gasteiger partial charge in [0.25, 0.3) is 0 Å². The van der Waals surface area contributed by atoms with E-state index in [0.717, 1.165) is 24.8 Å². The van der Waals surface area contributed by atoms with Crippen molar-refractivity contribution in [2.45, 2.75) is 69.9 Å². The van der Waals surface area contributed by atoms with E-state index < -0.39 is 5.91 Å². The minimum absolute atomic E-state index is 0.0762. The molecule has 3 N–H and O–H groups in total.